The third kappa shape index (κ3) is 2480. The van der Waals surface area contributed by atoms with Gasteiger partial charge in [0.15, 0.2) is 0 Å². The van der Waals surface area contributed by atoms with Crippen LogP contribution in [0.3, 0.4) is 0 Å². The molecule has 136 valence electrons. The van der Waals surface area contributed by atoms with E-state index in [1.807, 2.05) is 0 Å². The topological polar surface area (TPSA) is 453 Å². The molecule has 16 nitrogen and oxygen atoms in total. The van der Waals surface area contributed by atoms with Crippen LogP contribution in [0, 0.1) is 0 Å². The molecule has 0 atom stereocenters. The average molecular weight is 406 g/mol. The van der Waals surface area contributed by atoms with Crippen molar-refractivity contribution >= 4 is 10.4 Å². The van der Waals surface area contributed by atoms with Gasteiger partial charge in [-0.15, -0.1) is 0 Å². The van der Waals surface area contributed by atoms with E-state index in [4.69, 9.17) is 17.5 Å². The van der Waals surface area contributed by atoms with Crippen molar-refractivity contribution in [3.8, 4) is 0 Å². The van der Waals surface area contributed by atoms with Crippen molar-refractivity contribution in [1.82, 2.24) is 0 Å². The molecule has 0 saturated heterocycles. The van der Waals surface area contributed by atoms with Crippen LogP contribution in [0.2, 0.25) is 0 Å². The maximum atomic E-state index is 8.74. The van der Waals surface area contributed by atoms with Gasteiger partial charge in [0.05, 0.1) is 0 Å². The van der Waals surface area contributed by atoms with Crippen LogP contribution in [0.4, 0.5) is 0 Å². The maximum Gasteiger partial charge on any atom is 1.00 e. The van der Waals surface area contributed by atoms with Crippen molar-refractivity contribution < 1.29 is 153 Å². The van der Waals surface area contributed by atoms with Gasteiger partial charge in [-0.1, -0.05) is 0 Å². The standard InChI is InChI=1S/Cr.K.H2O4S.12H2O.H/c;;1-5(2,3)4;;;;;;;;;;;;;/h;;(H2,1,2,3,4);12*1H2;/q;+1;;;;;;;;;;;;;;-1. The minimum absolute atomic E-state index is 0. The Balaban J connectivity index is -0.000000000762. The predicted octanol–water partition coefficient (Wildman–Crippen LogP) is -13.4. The van der Waals surface area contributed by atoms with Crippen molar-refractivity contribution in [3.63, 3.8) is 0 Å². The van der Waals surface area contributed by atoms with Crippen molar-refractivity contribution in [1.29, 1.82) is 0 Å². The van der Waals surface area contributed by atoms with Crippen LogP contribution in [0.1, 0.15) is 1.43 Å². The molecule has 0 aromatic heterocycles. The summed E-state index contributed by atoms with van der Waals surface area (Å²) < 4.78 is 31.6. The molecule has 0 fully saturated rings. The predicted molar refractivity (Wildman–Crippen MR) is 58.7 cm³/mol. The van der Waals surface area contributed by atoms with Gasteiger partial charge in [0.2, 0.25) is 0 Å². The average Bonchev–Trinajstić information content (AvgIpc) is 0.722. The molecule has 0 unspecified atom stereocenters. The largest absolute Gasteiger partial charge is 1.00 e. The smallest absolute Gasteiger partial charge is 1.00 e. The van der Waals surface area contributed by atoms with Crippen LogP contribution in [-0.2, 0) is 27.8 Å². The number of hydrogen-bond donors (Lipinski definition) is 2. The first-order chi connectivity index (χ1) is 2.00. The molecule has 0 heterocycles. The monoisotopic (exact) mass is 406 g/mol. The Morgan fingerprint density at radius 2 is 0.526 bits per heavy atom. The van der Waals surface area contributed by atoms with Crippen molar-refractivity contribution in [3.05, 3.63) is 0 Å². The fourth-order valence-electron chi connectivity index (χ4n) is 0. The first-order valence-electron chi connectivity index (χ1n) is 0.698. The Morgan fingerprint density at radius 3 is 0.526 bits per heavy atom. The molecule has 0 aliphatic rings. The van der Waals surface area contributed by atoms with Gasteiger partial charge >= 0.3 is 61.8 Å². The van der Waals surface area contributed by atoms with Crippen molar-refractivity contribution in [2.24, 2.45) is 0 Å². The van der Waals surface area contributed by atoms with Gasteiger partial charge in [0.1, 0.15) is 0 Å². The van der Waals surface area contributed by atoms with Gasteiger partial charge in [-0.05, 0) is 0 Å². The van der Waals surface area contributed by atoms with Gasteiger partial charge in [0.25, 0.3) is 0 Å². The molecule has 0 aliphatic heterocycles. The van der Waals surface area contributed by atoms with Crippen LogP contribution in [-0.4, -0.2) is 83.2 Å². The second kappa shape index (κ2) is 118. The third-order valence-corrected chi connectivity index (χ3v) is 0. The minimum atomic E-state index is -4.67. The summed E-state index contributed by atoms with van der Waals surface area (Å²) in [5, 5.41) is 0. The van der Waals surface area contributed by atoms with Gasteiger partial charge in [-0.3, -0.25) is 9.11 Å². The first kappa shape index (κ1) is 255. The molecule has 19 heavy (non-hydrogen) atoms. The fraction of sp³-hybridized carbons (Fsp3) is 0. The van der Waals surface area contributed by atoms with E-state index < -0.39 is 10.4 Å². The molecule has 0 aliphatic carbocycles. The molecule has 0 aromatic rings. The number of rotatable bonds is 0. The van der Waals surface area contributed by atoms with E-state index >= 15 is 0 Å². The normalized spacial score (nSPS) is 3.05. The van der Waals surface area contributed by atoms with Gasteiger partial charge < -0.3 is 67.1 Å². The second-order valence-corrected chi connectivity index (χ2v) is 1.34. The van der Waals surface area contributed by atoms with E-state index in [0.717, 1.165) is 0 Å². The molecule has 0 amide bonds. The maximum absolute atomic E-state index is 8.74. The Bertz CT molecular complexity index is 106. The van der Waals surface area contributed by atoms with E-state index in [0.29, 0.717) is 0 Å². The zero-order chi connectivity index (χ0) is 4.50. The van der Waals surface area contributed by atoms with Crippen LogP contribution >= 0.6 is 0 Å². The molecule has 19 heteroatoms. The number of hydrogen-bond acceptors (Lipinski definition) is 2. The quantitative estimate of drug-likeness (QED) is 0.292. The zero-order valence-electron chi connectivity index (χ0n) is 10.5. The van der Waals surface area contributed by atoms with Gasteiger partial charge in [0, 0.05) is 17.4 Å². The molecule has 0 saturated carbocycles. The Kier molecular flexibility index (Phi) is 1580. The molecule has 0 rings (SSSR count). The van der Waals surface area contributed by atoms with Crippen LogP contribution in [0.15, 0.2) is 0 Å². The summed E-state index contributed by atoms with van der Waals surface area (Å²) in [6, 6.07) is 0. The Morgan fingerprint density at radius 1 is 0.526 bits per heavy atom. The summed E-state index contributed by atoms with van der Waals surface area (Å²) in [4.78, 5) is 0. The molecule has 26 N–H and O–H groups in total. The van der Waals surface area contributed by atoms with E-state index in [2.05, 4.69) is 0 Å². The second-order valence-electron chi connectivity index (χ2n) is 0.448. The van der Waals surface area contributed by atoms with Crippen molar-refractivity contribution in [2.75, 3.05) is 0 Å². The molecular weight excluding hydrogens is 379 g/mol. The Labute approximate surface area is 162 Å². The van der Waals surface area contributed by atoms with Gasteiger partial charge in [-0.25, -0.2) is 0 Å². The summed E-state index contributed by atoms with van der Waals surface area (Å²) in [6.07, 6.45) is 0. The minimum Gasteiger partial charge on any atom is -1.00 e. The van der Waals surface area contributed by atoms with E-state index in [9.17, 15) is 0 Å². The summed E-state index contributed by atoms with van der Waals surface area (Å²) in [6.45, 7) is 0. The SMILES string of the molecule is O.O.O.O.O.O.O.O.O.O.O.O.O=S(=O)(O)O.[Cr].[H-].[K+]. The van der Waals surface area contributed by atoms with Crippen LogP contribution in [0.5, 0.6) is 0 Å². The summed E-state index contributed by atoms with van der Waals surface area (Å²) in [7, 11) is -4.67. The van der Waals surface area contributed by atoms with E-state index in [-0.39, 0.29) is 136 Å². The Hall–Kier alpha value is 1.56. The first-order valence-corrected chi connectivity index (χ1v) is 2.10. The van der Waals surface area contributed by atoms with Crippen LogP contribution in [0.25, 0.3) is 0 Å². The van der Waals surface area contributed by atoms with Gasteiger partial charge in [-0.2, -0.15) is 8.42 Å². The summed E-state index contributed by atoms with van der Waals surface area (Å²) in [5.41, 5.74) is 0. The molecule has 0 spiro atoms. The van der Waals surface area contributed by atoms with Crippen molar-refractivity contribution in [2.45, 2.75) is 0 Å². The molecular formula is H27CrKO16S. The third-order valence-electron chi connectivity index (χ3n) is 0. The molecule has 0 aromatic carbocycles. The van der Waals surface area contributed by atoms with E-state index in [1.165, 1.54) is 0 Å². The zero-order valence-corrected chi connectivity index (χ0v) is 14.7. The fourth-order valence-corrected chi connectivity index (χ4v) is 0. The summed E-state index contributed by atoms with van der Waals surface area (Å²) in [5.74, 6) is 0. The van der Waals surface area contributed by atoms with Crippen LogP contribution < -0.4 is 51.4 Å². The molecule has 0 bridgehead atoms. The molecule has 0 radical (unpaired) electrons. The van der Waals surface area contributed by atoms with E-state index in [1.54, 1.807) is 0 Å². The summed E-state index contributed by atoms with van der Waals surface area (Å²) >= 11 is 0.